The number of benzene rings is 3. The van der Waals surface area contributed by atoms with Gasteiger partial charge >= 0.3 is 0 Å². The van der Waals surface area contributed by atoms with Gasteiger partial charge in [0.25, 0.3) is 5.91 Å². The van der Waals surface area contributed by atoms with E-state index in [-0.39, 0.29) is 5.91 Å². The van der Waals surface area contributed by atoms with Gasteiger partial charge in [-0.2, -0.15) is 5.10 Å². The third-order valence-electron chi connectivity index (χ3n) is 4.28. The molecule has 3 rings (SSSR count). The van der Waals surface area contributed by atoms with Crippen molar-refractivity contribution in [2.24, 2.45) is 5.10 Å². The number of nitrogens with one attached hydrogen (secondary N) is 1. The number of amides is 1. The van der Waals surface area contributed by atoms with Gasteiger partial charge in [-0.05, 0) is 59.6 Å². The van der Waals surface area contributed by atoms with Crippen LogP contribution in [0.2, 0.25) is 0 Å². The fourth-order valence-electron chi connectivity index (χ4n) is 2.70. The standard InChI is InChI=1S/C24H23BrN2O3/c1-3-29-22-13-20(15-26-27-24(28)19-11-9-17(2)10-12-19)21(25)14-23(22)30-16-18-7-5-4-6-8-18/h4-15H,3,16H2,1-2H3,(H,27,28)/b26-15-. The van der Waals surface area contributed by atoms with Crippen molar-refractivity contribution < 1.29 is 14.3 Å². The van der Waals surface area contributed by atoms with E-state index >= 15 is 0 Å². The van der Waals surface area contributed by atoms with E-state index < -0.39 is 0 Å². The maximum absolute atomic E-state index is 12.2. The highest BCUT2D eigenvalue weighted by molar-refractivity contribution is 9.10. The molecular formula is C24H23BrN2O3. The van der Waals surface area contributed by atoms with Crippen molar-refractivity contribution in [3.05, 3.63) is 93.5 Å². The van der Waals surface area contributed by atoms with Gasteiger partial charge in [-0.25, -0.2) is 5.43 Å². The minimum atomic E-state index is -0.268. The van der Waals surface area contributed by atoms with Crippen LogP contribution in [0.15, 0.2) is 76.3 Å². The van der Waals surface area contributed by atoms with E-state index in [1.54, 1.807) is 18.3 Å². The van der Waals surface area contributed by atoms with Gasteiger partial charge in [0.2, 0.25) is 0 Å². The van der Waals surface area contributed by atoms with Crippen molar-refractivity contribution in [2.75, 3.05) is 6.61 Å². The molecule has 0 aromatic heterocycles. The Hall–Kier alpha value is -3.12. The molecule has 3 aromatic rings. The fourth-order valence-corrected chi connectivity index (χ4v) is 3.12. The van der Waals surface area contributed by atoms with Crippen LogP contribution in [0.3, 0.4) is 0 Å². The lowest BCUT2D eigenvalue weighted by Gasteiger charge is -2.14. The lowest BCUT2D eigenvalue weighted by Crippen LogP contribution is -2.17. The van der Waals surface area contributed by atoms with Gasteiger partial charge in [-0.1, -0.05) is 48.0 Å². The van der Waals surface area contributed by atoms with Gasteiger partial charge < -0.3 is 9.47 Å². The monoisotopic (exact) mass is 466 g/mol. The van der Waals surface area contributed by atoms with Gasteiger partial charge in [-0.15, -0.1) is 0 Å². The first-order valence-electron chi connectivity index (χ1n) is 9.60. The SMILES string of the molecule is CCOc1cc(/C=N\NC(=O)c2ccc(C)cc2)c(Br)cc1OCc1ccccc1. The Morgan fingerprint density at radius 3 is 2.43 bits per heavy atom. The molecule has 0 saturated carbocycles. The van der Waals surface area contributed by atoms with Crippen molar-refractivity contribution in [2.45, 2.75) is 20.5 Å². The van der Waals surface area contributed by atoms with Crippen LogP contribution in [0, 0.1) is 6.92 Å². The van der Waals surface area contributed by atoms with Gasteiger partial charge in [0, 0.05) is 15.6 Å². The number of aryl methyl sites for hydroxylation is 1. The van der Waals surface area contributed by atoms with E-state index in [1.807, 2.05) is 68.4 Å². The van der Waals surface area contributed by atoms with Crippen molar-refractivity contribution in [1.29, 1.82) is 0 Å². The summed E-state index contributed by atoms with van der Waals surface area (Å²) in [5, 5.41) is 4.07. The molecule has 3 aromatic carbocycles. The van der Waals surface area contributed by atoms with Gasteiger partial charge in [-0.3, -0.25) is 4.79 Å². The third-order valence-corrected chi connectivity index (χ3v) is 4.97. The van der Waals surface area contributed by atoms with Crippen LogP contribution in [0.1, 0.15) is 34.0 Å². The van der Waals surface area contributed by atoms with Crippen molar-refractivity contribution in [3.8, 4) is 11.5 Å². The Morgan fingerprint density at radius 1 is 1.03 bits per heavy atom. The molecule has 30 heavy (non-hydrogen) atoms. The first-order valence-corrected chi connectivity index (χ1v) is 10.4. The number of nitrogens with zero attached hydrogens (tertiary/aromatic N) is 1. The van der Waals surface area contributed by atoms with E-state index in [2.05, 4.69) is 26.5 Å². The highest BCUT2D eigenvalue weighted by Gasteiger charge is 2.11. The number of hydrogen-bond donors (Lipinski definition) is 1. The summed E-state index contributed by atoms with van der Waals surface area (Å²) in [5.41, 5.74) is 6.02. The summed E-state index contributed by atoms with van der Waals surface area (Å²) in [6.45, 7) is 4.83. The number of carbonyl (C=O) groups excluding carboxylic acids is 1. The van der Waals surface area contributed by atoms with Crippen molar-refractivity contribution in [1.82, 2.24) is 5.43 Å². The second-order valence-electron chi connectivity index (χ2n) is 6.59. The van der Waals surface area contributed by atoms with Crippen LogP contribution < -0.4 is 14.9 Å². The number of halogens is 1. The predicted octanol–water partition coefficient (Wildman–Crippen LogP) is 5.50. The number of carbonyl (C=O) groups is 1. The van der Waals surface area contributed by atoms with E-state index in [0.717, 1.165) is 21.2 Å². The molecule has 6 heteroatoms. The van der Waals surface area contributed by atoms with Crippen LogP contribution in [0.5, 0.6) is 11.5 Å². The first-order chi connectivity index (χ1) is 14.6. The van der Waals surface area contributed by atoms with Crippen LogP contribution in [-0.2, 0) is 6.61 Å². The Balaban J connectivity index is 1.71. The summed E-state index contributed by atoms with van der Waals surface area (Å²) in [7, 11) is 0. The topological polar surface area (TPSA) is 59.9 Å². The Kier molecular flexibility index (Phi) is 7.63. The second kappa shape index (κ2) is 10.6. The molecule has 0 aliphatic heterocycles. The maximum atomic E-state index is 12.2. The first kappa shape index (κ1) is 21.6. The summed E-state index contributed by atoms with van der Waals surface area (Å²) in [5.74, 6) is 0.978. The zero-order chi connectivity index (χ0) is 21.3. The molecule has 5 nitrogen and oxygen atoms in total. The third kappa shape index (κ3) is 5.94. The normalized spacial score (nSPS) is 10.8. The lowest BCUT2D eigenvalue weighted by atomic mass is 10.1. The van der Waals surface area contributed by atoms with Gasteiger partial charge in [0.15, 0.2) is 11.5 Å². The summed E-state index contributed by atoms with van der Waals surface area (Å²) in [6, 6.07) is 20.9. The van der Waals surface area contributed by atoms with E-state index in [1.165, 1.54) is 0 Å². The Bertz CT molecular complexity index is 1020. The molecule has 0 aliphatic rings. The molecule has 1 amide bonds. The van der Waals surface area contributed by atoms with Crippen LogP contribution in [0.4, 0.5) is 0 Å². The number of ether oxygens (including phenoxy) is 2. The average molecular weight is 467 g/mol. The number of hydrazone groups is 1. The molecule has 0 atom stereocenters. The Morgan fingerprint density at radius 2 is 1.73 bits per heavy atom. The highest BCUT2D eigenvalue weighted by Crippen LogP contribution is 2.33. The van der Waals surface area contributed by atoms with E-state index in [4.69, 9.17) is 9.47 Å². The van der Waals surface area contributed by atoms with Gasteiger partial charge in [0.05, 0.1) is 12.8 Å². The molecule has 0 radical (unpaired) electrons. The molecule has 154 valence electrons. The predicted molar refractivity (Wildman–Crippen MR) is 122 cm³/mol. The van der Waals surface area contributed by atoms with Crippen LogP contribution in [-0.4, -0.2) is 18.7 Å². The van der Waals surface area contributed by atoms with Gasteiger partial charge in [0.1, 0.15) is 6.61 Å². The molecule has 1 N–H and O–H groups in total. The molecular weight excluding hydrogens is 444 g/mol. The molecule has 0 heterocycles. The quantitative estimate of drug-likeness (QED) is 0.352. The van der Waals surface area contributed by atoms with Crippen molar-refractivity contribution in [3.63, 3.8) is 0 Å². The molecule has 0 unspecified atom stereocenters. The Labute approximate surface area is 184 Å². The summed E-state index contributed by atoms with van der Waals surface area (Å²) < 4.78 is 12.5. The zero-order valence-corrected chi connectivity index (χ0v) is 18.5. The van der Waals surface area contributed by atoms with Crippen molar-refractivity contribution >= 4 is 28.1 Å². The highest BCUT2D eigenvalue weighted by atomic mass is 79.9. The molecule has 0 bridgehead atoms. The zero-order valence-electron chi connectivity index (χ0n) is 16.9. The minimum absolute atomic E-state index is 0.268. The summed E-state index contributed by atoms with van der Waals surface area (Å²) >= 11 is 3.54. The molecule has 0 saturated heterocycles. The maximum Gasteiger partial charge on any atom is 0.271 e. The largest absolute Gasteiger partial charge is 0.490 e. The number of hydrogen-bond acceptors (Lipinski definition) is 4. The lowest BCUT2D eigenvalue weighted by molar-refractivity contribution is 0.0955. The number of rotatable bonds is 8. The van der Waals surface area contributed by atoms with E-state index in [9.17, 15) is 4.79 Å². The fraction of sp³-hybridized carbons (Fsp3) is 0.167. The summed E-state index contributed by atoms with van der Waals surface area (Å²) in [6.07, 6.45) is 1.57. The smallest absolute Gasteiger partial charge is 0.271 e. The molecule has 0 fully saturated rings. The second-order valence-corrected chi connectivity index (χ2v) is 7.45. The molecule has 0 aliphatic carbocycles. The minimum Gasteiger partial charge on any atom is -0.490 e. The van der Waals surface area contributed by atoms with Crippen LogP contribution in [0.25, 0.3) is 0 Å². The average Bonchev–Trinajstić information content (AvgIpc) is 2.76. The summed E-state index contributed by atoms with van der Waals surface area (Å²) in [4.78, 5) is 12.2. The van der Waals surface area contributed by atoms with E-state index in [0.29, 0.717) is 30.3 Å². The molecule has 0 spiro atoms. The van der Waals surface area contributed by atoms with Crippen LogP contribution >= 0.6 is 15.9 Å².